The van der Waals surface area contributed by atoms with Gasteiger partial charge in [-0.25, -0.2) is 14.4 Å². The first-order valence-electron chi connectivity index (χ1n) is 13.0. The van der Waals surface area contributed by atoms with E-state index in [2.05, 4.69) is 6.92 Å². The van der Waals surface area contributed by atoms with Crippen molar-refractivity contribution in [3.8, 4) is 17.2 Å². The molecule has 0 aliphatic heterocycles. The molecule has 0 bridgehead atoms. The van der Waals surface area contributed by atoms with Crippen LogP contribution < -0.4 is 14.2 Å². The van der Waals surface area contributed by atoms with E-state index in [9.17, 15) is 14.4 Å². The molecule has 0 aromatic heterocycles. The highest BCUT2D eigenvalue weighted by Crippen LogP contribution is 2.19. The van der Waals surface area contributed by atoms with E-state index in [4.69, 9.17) is 14.2 Å². The molecule has 0 radical (unpaired) electrons. The summed E-state index contributed by atoms with van der Waals surface area (Å²) in [5.74, 6) is -0.515. The van der Waals surface area contributed by atoms with Crippen LogP contribution in [0.2, 0.25) is 0 Å². The first kappa shape index (κ1) is 27.3. The Bertz CT molecular complexity index is 1380. The third-order valence-electron chi connectivity index (χ3n) is 6.06. The number of carbonyl (C=O) groups is 3. The van der Waals surface area contributed by atoms with E-state index in [-0.39, 0.29) is 11.3 Å². The highest BCUT2D eigenvalue weighted by atomic mass is 16.5. The van der Waals surface area contributed by atoms with Gasteiger partial charge in [-0.2, -0.15) is 0 Å². The second kappa shape index (κ2) is 13.7. The number of unbranched alkanes of at least 4 members (excludes halogenated alkanes) is 3. The summed E-state index contributed by atoms with van der Waals surface area (Å²) >= 11 is 0. The van der Waals surface area contributed by atoms with Crippen molar-refractivity contribution in [3.63, 3.8) is 0 Å². The van der Waals surface area contributed by atoms with Gasteiger partial charge in [0.25, 0.3) is 0 Å². The third kappa shape index (κ3) is 8.14. The lowest BCUT2D eigenvalue weighted by Crippen LogP contribution is -2.11. The number of rotatable bonds is 11. The Balaban J connectivity index is 1.27. The minimum atomic E-state index is -0.581. The van der Waals surface area contributed by atoms with Gasteiger partial charge in [-0.3, -0.25) is 0 Å². The number of benzene rings is 4. The SMILES string of the molecule is CCCCCCc1ccc(C(=O)Oc2ccc(C(=O)Oc3ccc(C(=O)Oc4ccccc4)cc3)cc2)cc1. The molecule has 6 nitrogen and oxygen atoms in total. The van der Waals surface area contributed by atoms with E-state index in [1.807, 2.05) is 18.2 Å². The molecule has 0 atom stereocenters. The maximum absolute atomic E-state index is 12.6. The fraction of sp³-hybridized carbons (Fsp3) is 0.182. The number of esters is 3. The molecule has 0 N–H and O–H groups in total. The molecule has 0 saturated carbocycles. The molecule has 39 heavy (non-hydrogen) atoms. The molecular formula is C33H30O6. The van der Waals surface area contributed by atoms with Crippen LogP contribution in [-0.4, -0.2) is 17.9 Å². The summed E-state index contributed by atoms with van der Waals surface area (Å²) < 4.78 is 16.1. The van der Waals surface area contributed by atoms with Crippen LogP contribution in [0, 0.1) is 0 Å². The van der Waals surface area contributed by atoms with Crippen molar-refractivity contribution in [2.45, 2.75) is 39.0 Å². The maximum atomic E-state index is 12.6. The van der Waals surface area contributed by atoms with Crippen molar-refractivity contribution in [2.24, 2.45) is 0 Å². The molecule has 0 unspecified atom stereocenters. The second-order valence-corrected chi connectivity index (χ2v) is 9.04. The molecule has 0 amide bonds. The standard InChI is InChI=1S/C33H30O6/c1-2-3-4-6-9-24-12-14-25(15-13-24)31(34)38-29-22-18-27(19-23-29)33(36)39-30-20-16-26(17-21-30)32(35)37-28-10-7-5-8-11-28/h5,7-8,10-23H,2-4,6,9H2,1H3. The highest BCUT2D eigenvalue weighted by molar-refractivity contribution is 5.93. The van der Waals surface area contributed by atoms with E-state index >= 15 is 0 Å². The predicted octanol–water partition coefficient (Wildman–Crippen LogP) is 7.47. The lowest BCUT2D eigenvalue weighted by Gasteiger charge is -2.08. The van der Waals surface area contributed by atoms with Crippen LogP contribution in [0.3, 0.4) is 0 Å². The lowest BCUT2D eigenvalue weighted by molar-refractivity contribution is 0.0725. The normalized spacial score (nSPS) is 10.5. The van der Waals surface area contributed by atoms with Gasteiger partial charge < -0.3 is 14.2 Å². The monoisotopic (exact) mass is 522 g/mol. The van der Waals surface area contributed by atoms with Crippen LogP contribution in [0.5, 0.6) is 17.2 Å². The van der Waals surface area contributed by atoms with E-state index in [1.54, 1.807) is 48.5 Å². The van der Waals surface area contributed by atoms with Crippen LogP contribution in [0.4, 0.5) is 0 Å². The van der Waals surface area contributed by atoms with Gasteiger partial charge in [0.2, 0.25) is 0 Å². The lowest BCUT2D eigenvalue weighted by atomic mass is 10.0. The average Bonchev–Trinajstić information content (AvgIpc) is 2.97. The Hall–Kier alpha value is -4.71. The minimum Gasteiger partial charge on any atom is -0.423 e. The fourth-order valence-electron chi connectivity index (χ4n) is 3.87. The predicted molar refractivity (Wildman–Crippen MR) is 148 cm³/mol. The quantitative estimate of drug-likeness (QED) is 0.116. The van der Waals surface area contributed by atoms with Gasteiger partial charge in [0, 0.05) is 0 Å². The molecule has 198 valence electrons. The number of hydrogen-bond donors (Lipinski definition) is 0. The van der Waals surface area contributed by atoms with Gasteiger partial charge in [-0.15, -0.1) is 0 Å². The Kier molecular flexibility index (Phi) is 9.62. The number of para-hydroxylation sites is 1. The Morgan fingerprint density at radius 2 is 0.897 bits per heavy atom. The molecule has 0 saturated heterocycles. The van der Waals surface area contributed by atoms with Crippen LogP contribution in [0.25, 0.3) is 0 Å². The fourth-order valence-corrected chi connectivity index (χ4v) is 3.87. The minimum absolute atomic E-state index is 0.278. The van der Waals surface area contributed by atoms with Crippen molar-refractivity contribution >= 4 is 17.9 Å². The molecule has 0 aliphatic carbocycles. The van der Waals surface area contributed by atoms with Gasteiger partial charge in [0.1, 0.15) is 17.2 Å². The topological polar surface area (TPSA) is 78.9 Å². The first-order chi connectivity index (χ1) is 19.0. The van der Waals surface area contributed by atoms with Gasteiger partial charge in [-0.1, -0.05) is 56.5 Å². The van der Waals surface area contributed by atoms with Crippen LogP contribution >= 0.6 is 0 Å². The summed E-state index contributed by atoms with van der Waals surface area (Å²) in [6.07, 6.45) is 5.79. The molecule has 0 fully saturated rings. The van der Waals surface area contributed by atoms with Crippen LogP contribution in [0.15, 0.2) is 103 Å². The van der Waals surface area contributed by atoms with Gasteiger partial charge >= 0.3 is 17.9 Å². The average molecular weight is 523 g/mol. The van der Waals surface area contributed by atoms with Crippen molar-refractivity contribution in [1.29, 1.82) is 0 Å². The number of aryl methyl sites for hydroxylation is 1. The molecule has 0 spiro atoms. The molecule has 0 heterocycles. The first-order valence-corrected chi connectivity index (χ1v) is 13.0. The van der Waals surface area contributed by atoms with Gasteiger partial charge in [-0.05, 0) is 91.2 Å². The second-order valence-electron chi connectivity index (χ2n) is 9.04. The molecule has 4 rings (SSSR count). The molecular weight excluding hydrogens is 492 g/mol. The van der Waals surface area contributed by atoms with Gasteiger partial charge in [0.15, 0.2) is 0 Å². The molecule has 4 aromatic carbocycles. The van der Waals surface area contributed by atoms with Crippen molar-refractivity contribution < 1.29 is 28.6 Å². The van der Waals surface area contributed by atoms with Crippen molar-refractivity contribution in [3.05, 3.63) is 125 Å². The number of ether oxygens (including phenoxy) is 3. The number of carbonyl (C=O) groups excluding carboxylic acids is 3. The maximum Gasteiger partial charge on any atom is 0.343 e. The molecule has 6 heteroatoms. The largest absolute Gasteiger partial charge is 0.423 e. The summed E-state index contributed by atoms with van der Waals surface area (Å²) in [5.41, 5.74) is 2.28. The molecule has 4 aromatic rings. The van der Waals surface area contributed by atoms with Crippen molar-refractivity contribution in [2.75, 3.05) is 0 Å². The van der Waals surface area contributed by atoms with E-state index < -0.39 is 17.9 Å². The summed E-state index contributed by atoms with van der Waals surface area (Å²) in [5, 5.41) is 0. The summed E-state index contributed by atoms with van der Waals surface area (Å²) in [6.45, 7) is 2.19. The van der Waals surface area contributed by atoms with Crippen LogP contribution in [-0.2, 0) is 6.42 Å². The zero-order valence-electron chi connectivity index (χ0n) is 21.8. The summed E-state index contributed by atoms with van der Waals surface area (Å²) in [7, 11) is 0. The van der Waals surface area contributed by atoms with E-state index in [0.29, 0.717) is 22.6 Å². The highest BCUT2D eigenvalue weighted by Gasteiger charge is 2.13. The number of hydrogen-bond acceptors (Lipinski definition) is 6. The zero-order valence-corrected chi connectivity index (χ0v) is 21.8. The van der Waals surface area contributed by atoms with E-state index in [1.165, 1.54) is 61.2 Å². The van der Waals surface area contributed by atoms with Gasteiger partial charge in [0.05, 0.1) is 16.7 Å². The van der Waals surface area contributed by atoms with Crippen LogP contribution in [0.1, 0.15) is 69.2 Å². The summed E-state index contributed by atoms with van der Waals surface area (Å²) in [6, 6.07) is 28.4. The summed E-state index contributed by atoms with van der Waals surface area (Å²) in [4.78, 5) is 37.3. The van der Waals surface area contributed by atoms with Crippen molar-refractivity contribution in [1.82, 2.24) is 0 Å². The molecule has 0 aliphatic rings. The Labute approximate surface area is 228 Å². The zero-order chi connectivity index (χ0) is 27.5. The smallest absolute Gasteiger partial charge is 0.343 e. The third-order valence-corrected chi connectivity index (χ3v) is 6.06. The Morgan fingerprint density at radius 3 is 1.33 bits per heavy atom. The Morgan fingerprint density at radius 1 is 0.487 bits per heavy atom. The van der Waals surface area contributed by atoms with E-state index in [0.717, 1.165) is 12.8 Å².